The Balaban J connectivity index is 1.64. The zero-order valence-electron chi connectivity index (χ0n) is 15.5. The topological polar surface area (TPSA) is 72.7 Å². The summed E-state index contributed by atoms with van der Waals surface area (Å²) >= 11 is 1.46. The maximum absolute atomic E-state index is 12.4. The van der Waals surface area contributed by atoms with Gasteiger partial charge < -0.3 is 9.88 Å². The second kappa shape index (κ2) is 9.16. The van der Waals surface area contributed by atoms with Gasteiger partial charge in [-0.15, -0.1) is 10.2 Å². The van der Waals surface area contributed by atoms with Gasteiger partial charge in [-0.25, -0.2) is 0 Å². The minimum absolute atomic E-state index is 0.0859. The van der Waals surface area contributed by atoms with Crippen LogP contribution in [0.3, 0.4) is 0 Å². The molecule has 1 aliphatic carbocycles. The molecule has 0 aliphatic heterocycles. The Labute approximate surface area is 159 Å². The molecule has 0 unspecified atom stereocenters. The number of thioether (sulfide) groups is 1. The molecule has 2 aromatic rings. The monoisotopic (exact) mass is 373 g/mol. The van der Waals surface area contributed by atoms with Crippen molar-refractivity contribution in [3.8, 4) is 11.4 Å². The van der Waals surface area contributed by atoms with Gasteiger partial charge in [0.1, 0.15) is 0 Å². The number of nitrogens with zero attached hydrogens (tertiary/aromatic N) is 4. The third kappa shape index (κ3) is 4.63. The summed E-state index contributed by atoms with van der Waals surface area (Å²) in [6.45, 7) is 5.18. The van der Waals surface area contributed by atoms with Gasteiger partial charge in [0.05, 0.1) is 5.75 Å². The number of aromatic nitrogens is 4. The van der Waals surface area contributed by atoms with E-state index in [0.29, 0.717) is 17.7 Å². The average molecular weight is 374 g/mol. The van der Waals surface area contributed by atoms with Gasteiger partial charge in [0, 0.05) is 30.5 Å². The molecule has 1 N–H and O–H groups in total. The first-order chi connectivity index (χ1) is 12.7. The van der Waals surface area contributed by atoms with Gasteiger partial charge in [-0.3, -0.25) is 9.78 Å². The van der Waals surface area contributed by atoms with E-state index >= 15 is 0 Å². The van der Waals surface area contributed by atoms with Gasteiger partial charge in [-0.1, -0.05) is 38.5 Å². The van der Waals surface area contributed by atoms with Crippen LogP contribution in [0.25, 0.3) is 11.4 Å². The second-order valence-corrected chi connectivity index (χ2v) is 7.87. The van der Waals surface area contributed by atoms with Crippen molar-refractivity contribution < 1.29 is 4.79 Å². The van der Waals surface area contributed by atoms with Gasteiger partial charge in [-0.2, -0.15) is 0 Å². The molecule has 26 heavy (non-hydrogen) atoms. The van der Waals surface area contributed by atoms with Crippen LogP contribution in [0, 0.1) is 5.92 Å². The van der Waals surface area contributed by atoms with Gasteiger partial charge in [0.15, 0.2) is 11.0 Å². The molecule has 0 aromatic carbocycles. The van der Waals surface area contributed by atoms with E-state index < -0.39 is 0 Å². The van der Waals surface area contributed by atoms with Crippen molar-refractivity contribution >= 4 is 17.7 Å². The summed E-state index contributed by atoms with van der Waals surface area (Å²) in [5, 5.41) is 12.6. The number of hydrogen-bond donors (Lipinski definition) is 1. The molecule has 1 fully saturated rings. The number of pyridine rings is 1. The van der Waals surface area contributed by atoms with Crippen LogP contribution in [0.2, 0.25) is 0 Å². The Morgan fingerprint density at radius 3 is 2.92 bits per heavy atom. The number of nitrogens with one attached hydrogen (secondary N) is 1. The number of amides is 1. The SMILES string of the molecule is CCCn1c(SCC(=O)N[C@@H]2CCCC[C@H]2C)nnc1-c1cccnc1. The summed E-state index contributed by atoms with van der Waals surface area (Å²) in [6.07, 6.45) is 9.30. The van der Waals surface area contributed by atoms with Crippen molar-refractivity contribution in [2.45, 2.75) is 63.7 Å². The fourth-order valence-corrected chi connectivity index (χ4v) is 4.21. The van der Waals surface area contributed by atoms with Crippen LogP contribution in [-0.4, -0.2) is 37.5 Å². The molecule has 6 nitrogen and oxygen atoms in total. The summed E-state index contributed by atoms with van der Waals surface area (Å²) in [5.41, 5.74) is 0.945. The first kappa shape index (κ1) is 18.9. The Bertz CT molecular complexity index is 718. The zero-order chi connectivity index (χ0) is 18.4. The second-order valence-electron chi connectivity index (χ2n) is 6.92. The van der Waals surface area contributed by atoms with E-state index in [-0.39, 0.29) is 5.91 Å². The van der Waals surface area contributed by atoms with Crippen molar-refractivity contribution in [3.63, 3.8) is 0 Å². The highest BCUT2D eigenvalue weighted by Gasteiger charge is 2.23. The lowest BCUT2D eigenvalue weighted by Crippen LogP contribution is -2.41. The van der Waals surface area contributed by atoms with Gasteiger partial charge in [0.2, 0.25) is 5.91 Å². The lowest BCUT2D eigenvalue weighted by molar-refractivity contribution is -0.119. The molecule has 1 aliphatic rings. The van der Waals surface area contributed by atoms with Gasteiger partial charge >= 0.3 is 0 Å². The maximum atomic E-state index is 12.4. The fraction of sp³-hybridized carbons (Fsp3) is 0.579. The van der Waals surface area contributed by atoms with Crippen LogP contribution in [0.4, 0.5) is 0 Å². The standard InChI is InChI=1S/C19H27N5OS/c1-3-11-24-18(15-8-6-10-20-12-15)22-23-19(24)26-13-17(25)21-16-9-5-4-7-14(16)2/h6,8,10,12,14,16H,3-5,7,9,11,13H2,1-2H3,(H,21,25)/t14-,16-/m1/s1. The van der Waals surface area contributed by atoms with E-state index in [1.165, 1.54) is 31.0 Å². The number of hydrogen-bond acceptors (Lipinski definition) is 5. The fourth-order valence-electron chi connectivity index (χ4n) is 3.44. The zero-order valence-corrected chi connectivity index (χ0v) is 16.3. The number of carbonyl (C=O) groups is 1. The van der Waals surface area contributed by atoms with Crippen LogP contribution < -0.4 is 5.32 Å². The predicted molar refractivity (Wildman–Crippen MR) is 104 cm³/mol. The molecular weight excluding hydrogens is 346 g/mol. The van der Waals surface area contributed by atoms with E-state index in [1.807, 2.05) is 12.1 Å². The van der Waals surface area contributed by atoms with Crippen LogP contribution in [0.15, 0.2) is 29.7 Å². The molecule has 2 aromatic heterocycles. The Kier molecular flexibility index (Phi) is 6.66. The molecule has 3 rings (SSSR count). The minimum Gasteiger partial charge on any atom is -0.352 e. The van der Waals surface area contributed by atoms with Crippen molar-refractivity contribution in [3.05, 3.63) is 24.5 Å². The summed E-state index contributed by atoms with van der Waals surface area (Å²) < 4.78 is 2.08. The third-order valence-corrected chi connectivity index (χ3v) is 5.84. The Hall–Kier alpha value is -1.89. The molecule has 0 spiro atoms. The Morgan fingerprint density at radius 2 is 2.19 bits per heavy atom. The highest BCUT2D eigenvalue weighted by atomic mass is 32.2. The minimum atomic E-state index is 0.0859. The molecule has 1 amide bonds. The quantitative estimate of drug-likeness (QED) is 0.752. The third-order valence-electron chi connectivity index (χ3n) is 4.87. The maximum Gasteiger partial charge on any atom is 0.230 e. The lowest BCUT2D eigenvalue weighted by Gasteiger charge is -2.29. The molecule has 0 saturated heterocycles. The van der Waals surface area contributed by atoms with Crippen molar-refractivity contribution in [2.75, 3.05) is 5.75 Å². The van der Waals surface area contributed by atoms with E-state index in [4.69, 9.17) is 0 Å². The van der Waals surface area contributed by atoms with E-state index in [9.17, 15) is 4.79 Å². The molecule has 0 bridgehead atoms. The summed E-state index contributed by atoms with van der Waals surface area (Å²) in [4.78, 5) is 16.5. The summed E-state index contributed by atoms with van der Waals surface area (Å²) in [6, 6.07) is 4.19. The van der Waals surface area contributed by atoms with Crippen LogP contribution in [0.1, 0.15) is 46.0 Å². The molecule has 7 heteroatoms. The van der Waals surface area contributed by atoms with Crippen LogP contribution in [0.5, 0.6) is 0 Å². The number of carbonyl (C=O) groups excluding carboxylic acids is 1. The van der Waals surface area contributed by atoms with Crippen LogP contribution in [-0.2, 0) is 11.3 Å². The molecule has 1 saturated carbocycles. The average Bonchev–Trinajstić information content (AvgIpc) is 3.06. The first-order valence-electron chi connectivity index (χ1n) is 9.44. The smallest absolute Gasteiger partial charge is 0.230 e. The van der Waals surface area contributed by atoms with Gasteiger partial charge in [0.25, 0.3) is 0 Å². The van der Waals surface area contributed by atoms with Gasteiger partial charge in [-0.05, 0) is 37.3 Å². The predicted octanol–water partition coefficient (Wildman–Crippen LogP) is 3.54. The van der Waals surface area contributed by atoms with E-state index in [1.54, 1.807) is 12.4 Å². The molecule has 0 radical (unpaired) electrons. The van der Waals surface area contributed by atoms with Crippen molar-refractivity contribution in [1.29, 1.82) is 0 Å². The highest BCUT2D eigenvalue weighted by molar-refractivity contribution is 7.99. The molecule has 2 atom stereocenters. The first-order valence-corrected chi connectivity index (χ1v) is 10.4. The number of rotatable bonds is 7. The Morgan fingerprint density at radius 1 is 1.35 bits per heavy atom. The van der Waals surface area contributed by atoms with Crippen molar-refractivity contribution in [2.24, 2.45) is 5.92 Å². The normalized spacial score (nSPS) is 20.1. The summed E-state index contributed by atoms with van der Waals surface area (Å²) in [7, 11) is 0. The molecule has 2 heterocycles. The summed E-state index contributed by atoms with van der Waals surface area (Å²) in [5.74, 6) is 1.84. The van der Waals surface area contributed by atoms with Crippen molar-refractivity contribution in [1.82, 2.24) is 25.1 Å². The highest BCUT2D eigenvalue weighted by Crippen LogP contribution is 2.25. The van der Waals surface area contributed by atoms with Crippen LogP contribution >= 0.6 is 11.8 Å². The molecular formula is C19H27N5OS. The largest absolute Gasteiger partial charge is 0.352 e. The van der Waals surface area contributed by atoms with E-state index in [0.717, 1.165) is 35.9 Å². The molecule has 140 valence electrons. The van der Waals surface area contributed by atoms with E-state index in [2.05, 4.69) is 38.9 Å². The lowest BCUT2D eigenvalue weighted by atomic mass is 9.86.